The van der Waals surface area contributed by atoms with Crippen LogP contribution in [0.1, 0.15) is 21.5 Å². The molecule has 0 fully saturated rings. The van der Waals surface area contributed by atoms with Gasteiger partial charge in [0.05, 0.1) is 12.8 Å². The van der Waals surface area contributed by atoms with Gasteiger partial charge in [0.15, 0.2) is 0 Å². The summed E-state index contributed by atoms with van der Waals surface area (Å²) in [6, 6.07) is 17.2. The molecule has 0 aliphatic rings. The van der Waals surface area contributed by atoms with Crippen molar-refractivity contribution >= 4 is 17.8 Å². The van der Waals surface area contributed by atoms with Crippen LogP contribution in [0.4, 0.5) is 5.69 Å². The molecule has 6 nitrogen and oxygen atoms in total. The number of rotatable bonds is 6. The summed E-state index contributed by atoms with van der Waals surface area (Å²) in [5.41, 5.74) is 6.17. The average Bonchev–Trinajstić information content (AvgIpc) is 3.15. The van der Waals surface area contributed by atoms with Crippen LogP contribution in [0.3, 0.4) is 0 Å². The van der Waals surface area contributed by atoms with E-state index in [9.17, 15) is 4.79 Å². The highest BCUT2D eigenvalue weighted by atomic mass is 16.2. The van der Waals surface area contributed by atoms with Gasteiger partial charge in [-0.05, 0) is 41.5 Å². The fourth-order valence-corrected chi connectivity index (χ4v) is 2.48. The molecule has 0 aliphatic carbocycles. The van der Waals surface area contributed by atoms with Crippen LogP contribution in [-0.2, 0) is 6.54 Å². The maximum Gasteiger partial charge on any atom is 0.271 e. The normalized spacial score (nSPS) is 10.8. The maximum atomic E-state index is 12.3. The maximum absolute atomic E-state index is 12.3. The third kappa shape index (κ3) is 4.57. The zero-order chi connectivity index (χ0) is 18.4. The lowest BCUT2D eigenvalue weighted by Gasteiger charge is -2.11. The molecule has 0 atom stereocenters. The molecule has 1 heterocycles. The predicted octanol–water partition coefficient (Wildman–Crippen LogP) is 2.76. The van der Waals surface area contributed by atoms with Crippen molar-refractivity contribution in [2.24, 2.45) is 5.10 Å². The minimum atomic E-state index is -0.242. The Labute approximate surface area is 152 Å². The smallest absolute Gasteiger partial charge is 0.271 e. The minimum Gasteiger partial charge on any atom is -0.378 e. The molecule has 6 heteroatoms. The molecule has 3 rings (SSSR count). The molecule has 3 aromatic rings. The Bertz CT molecular complexity index is 883. The highest BCUT2D eigenvalue weighted by molar-refractivity contribution is 5.95. The average molecular weight is 347 g/mol. The molecule has 1 N–H and O–H groups in total. The van der Waals surface area contributed by atoms with E-state index in [2.05, 4.69) is 15.6 Å². The fourth-order valence-electron chi connectivity index (χ4n) is 2.48. The molecule has 1 amide bonds. The Kier molecular flexibility index (Phi) is 5.43. The van der Waals surface area contributed by atoms with Crippen LogP contribution in [0, 0.1) is 0 Å². The zero-order valence-corrected chi connectivity index (χ0v) is 14.8. The van der Waals surface area contributed by atoms with Gasteiger partial charge < -0.3 is 4.90 Å². The molecule has 0 saturated heterocycles. The SMILES string of the molecule is CN(C)c1ccc(C=NNC(=O)c2cccc(Cn3cccn3)c2)cc1. The minimum absolute atomic E-state index is 0.242. The highest BCUT2D eigenvalue weighted by Gasteiger charge is 2.05. The Balaban J connectivity index is 1.61. The van der Waals surface area contributed by atoms with E-state index in [-0.39, 0.29) is 5.91 Å². The first-order chi connectivity index (χ1) is 12.6. The highest BCUT2D eigenvalue weighted by Crippen LogP contribution is 2.11. The van der Waals surface area contributed by atoms with Gasteiger partial charge in [-0.1, -0.05) is 24.3 Å². The molecule has 0 saturated carbocycles. The summed E-state index contributed by atoms with van der Waals surface area (Å²) in [5, 5.41) is 8.22. The standard InChI is InChI=1S/C20H21N5O/c1-24(2)19-9-7-16(8-10-19)14-21-23-20(26)18-6-3-5-17(13-18)15-25-12-4-11-22-25/h3-14H,15H2,1-2H3,(H,23,26). The molecule has 132 valence electrons. The van der Waals surface area contributed by atoms with Gasteiger partial charge in [0.1, 0.15) is 0 Å². The van der Waals surface area contributed by atoms with Crippen molar-refractivity contribution in [2.45, 2.75) is 6.54 Å². The topological polar surface area (TPSA) is 62.5 Å². The molecule has 1 aromatic heterocycles. The summed E-state index contributed by atoms with van der Waals surface area (Å²) in [4.78, 5) is 14.3. The lowest BCUT2D eigenvalue weighted by molar-refractivity contribution is 0.0955. The molecule has 0 spiro atoms. The van der Waals surface area contributed by atoms with Crippen LogP contribution >= 0.6 is 0 Å². The van der Waals surface area contributed by atoms with Crippen molar-refractivity contribution in [2.75, 3.05) is 19.0 Å². The van der Waals surface area contributed by atoms with Crippen molar-refractivity contribution in [3.05, 3.63) is 83.7 Å². The second-order valence-electron chi connectivity index (χ2n) is 6.09. The van der Waals surface area contributed by atoms with Gasteiger partial charge in [-0.3, -0.25) is 9.48 Å². The second kappa shape index (κ2) is 8.11. The van der Waals surface area contributed by atoms with Crippen LogP contribution in [0.25, 0.3) is 0 Å². The zero-order valence-electron chi connectivity index (χ0n) is 14.8. The Hall–Kier alpha value is -3.41. The summed E-state index contributed by atoms with van der Waals surface area (Å²) in [5.74, 6) is -0.242. The number of hydrazone groups is 1. The van der Waals surface area contributed by atoms with Crippen molar-refractivity contribution in [1.82, 2.24) is 15.2 Å². The molecule has 0 aliphatic heterocycles. The summed E-state index contributed by atoms with van der Waals surface area (Å²) in [6.07, 6.45) is 5.25. The molecular formula is C20H21N5O. The second-order valence-corrected chi connectivity index (χ2v) is 6.09. The van der Waals surface area contributed by atoms with Crippen molar-refractivity contribution in [3.8, 4) is 0 Å². The first-order valence-electron chi connectivity index (χ1n) is 8.29. The molecule has 0 unspecified atom stereocenters. The number of benzene rings is 2. The third-order valence-electron chi connectivity index (χ3n) is 3.88. The first-order valence-corrected chi connectivity index (χ1v) is 8.29. The number of amides is 1. The molecule has 2 aromatic carbocycles. The number of carbonyl (C=O) groups excluding carboxylic acids is 1. The van der Waals surface area contributed by atoms with Crippen LogP contribution < -0.4 is 10.3 Å². The van der Waals surface area contributed by atoms with Gasteiger partial charge in [-0.25, -0.2) is 5.43 Å². The Morgan fingerprint density at radius 3 is 2.69 bits per heavy atom. The molecule has 0 bridgehead atoms. The van der Waals surface area contributed by atoms with E-state index in [4.69, 9.17) is 0 Å². The summed E-state index contributed by atoms with van der Waals surface area (Å²) in [7, 11) is 3.98. The Morgan fingerprint density at radius 2 is 2.00 bits per heavy atom. The van der Waals surface area contributed by atoms with Gasteiger partial charge in [0, 0.05) is 37.7 Å². The monoisotopic (exact) mass is 347 g/mol. The van der Waals surface area contributed by atoms with E-state index in [0.29, 0.717) is 12.1 Å². The van der Waals surface area contributed by atoms with Gasteiger partial charge in [0.25, 0.3) is 5.91 Å². The Morgan fingerprint density at radius 1 is 1.19 bits per heavy atom. The van der Waals surface area contributed by atoms with Crippen LogP contribution in [-0.4, -0.2) is 36.0 Å². The number of nitrogens with zero attached hydrogens (tertiary/aromatic N) is 4. The summed E-state index contributed by atoms with van der Waals surface area (Å²) < 4.78 is 1.81. The van der Waals surface area contributed by atoms with E-state index in [1.54, 1.807) is 18.5 Å². The summed E-state index contributed by atoms with van der Waals surface area (Å²) >= 11 is 0. The van der Waals surface area contributed by atoms with Gasteiger partial charge in [-0.15, -0.1) is 0 Å². The largest absolute Gasteiger partial charge is 0.378 e. The molecular weight excluding hydrogens is 326 g/mol. The van der Waals surface area contributed by atoms with E-state index in [0.717, 1.165) is 16.8 Å². The van der Waals surface area contributed by atoms with Gasteiger partial charge >= 0.3 is 0 Å². The number of aromatic nitrogens is 2. The first kappa shape index (κ1) is 17.4. The van der Waals surface area contributed by atoms with Crippen LogP contribution in [0.2, 0.25) is 0 Å². The number of hydrogen-bond donors (Lipinski definition) is 1. The van der Waals surface area contributed by atoms with E-state index in [1.165, 1.54) is 0 Å². The van der Waals surface area contributed by atoms with E-state index in [1.807, 2.05) is 78.4 Å². The third-order valence-corrected chi connectivity index (χ3v) is 3.88. The van der Waals surface area contributed by atoms with Crippen LogP contribution in [0.5, 0.6) is 0 Å². The van der Waals surface area contributed by atoms with Gasteiger partial charge in [0.2, 0.25) is 0 Å². The number of nitrogens with one attached hydrogen (secondary N) is 1. The van der Waals surface area contributed by atoms with Crippen molar-refractivity contribution < 1.29 is 4.79 Å². The summed E-state index contributed by atoms with van der Waals surface area (Å²) in [6.45, 7) is 0.621. The number of anilines is 1. The predicted molar refractivity (Wildman–Crippen MR) is 104 cm³/mol. The quantitative estimate of drug-likeness (QED) is 0.551. The molecule has 0 radical (unpaired) electrons. The molecule has 26 heavy (non-hydrogen) atoms. The van der Waals surface area contributed by atoms with E-state index >= 15 is 0 Å². The van der Waals surface area contributed by atoms with Crippen LogP contribution in [0.15, 0.2) is 72.1 Å². The number of hydrogen-bond acceptors (Lipinski definition) is 4. The lowest BCUT2D eigenvalue weighted by Crippen LogP contribution is -2.18. The lowest BCUT2D eigenvalue weighted by atomic mass is 10.1. The van der Waals surface area contributed by atoms with Crippen molar-refractivity contribution in [1.29, 1.82) is 0 Å². The fraction of sp³-hybridized carbons (Fsp3) is 0.150. The number of carbonyl (C=O) groups is 1. The van der Waals surface area contributed by atoms with Gasteiger partial charge in [-0.2, -0.15) is 10.2 Å². The van der Waals surface area contributed by atoms with Crippen molar-refractivity contribution in [3.63, 3.8) is 0 Å². The van der Waals surface area contributed by atoms with E-state index < -0.39 is 0 Å².